The molecule has 1 atom stereocenters. The van der Waals surface area contributed by atoms with Gasteiger partial charge in [-0.05, 0) is 54.9 Å². The van der Waals surface area contributed by atoms with E-state index in [1.54, 1.807) is 0 Å². The summed E-state index contributed by atoms with van der Waals surface area (Å²) in [7, 11) is 1.82. The molecule has 0 aliphatic rings. The highest BCUT2D eigenvalue weighted by Crippen LogP contribution is 2.23. The van der Waals surface area contributed by atoms with Crippen LogP contribution in [0, 0.1) is 12.8 Å². The SMILES string of the molecule is Cc1cc(OCCC(C)CCS(=O)(=O)Cl)ccc1C(C)C. The number of rotatable bonds is 8. The van der Waals surface area contributed by atoms with Gasteiger partial charge in [0.15, 0.2) is 0 Å². The minimum absolute atomic E-state index is 0.0257. The summed E-state index contributed by atoms with van der Waals surface area (Å²) in [5.41, 5.74) is 2.58. The first kappa shape index (κ1) is 18.3. The van der Waals surface area contributed by atoms with Gasteiger partial charge in [-0.15, -0.1) is 0 Å². The monoisotopic (exact) mass is 332 g/mol. The second kappa shape index (κ2) is 8.04. The Morgan fingerprint density at radius 1 is 1.19 bits per heavy atom. The van der Waals surface area contributed by atoms with Crippen LogP contribution in [0.25, 0.3) is 0 Å². The van der Waals surface area contributed by atoms with Crippen LogP contribution in [0.5, 0.6) is 5.75 Å². The summed E-state index contributed by atoms with van der Waals surface area (Å²) in [6.07, 6.45) is 1.39. The molecular weight excluding hydrogens is 308 g/mol. The number of hydrogen-bond acceptors (Lipinski definition) is 3. The first-order valence-electron chi connectivity index (χ1n) is 7.34. The van der Waals surface area contributed by atoms with E-state index in [2.05, 4.69) is 32.9 Å². The van der Waals surface area contributed by atoms with Crippen molar-refractivity contribution in [3.05, 3.63) is 29.3 Å². The predicted molar refractivity (Wildman–Crippen MR) is 88.8 cm³/mol. The Balaban J connectivity index is 2.40. The molecule has 0 amide bonds. The van der Waals surface area contributed by atoms with Crippen LogP contribution in [0.3, 0.4) is 0 Å². The Bertz CT molecular complexity index is 553. The first-order valence-corrected chi connectivity index (χ1v) is 9.82. The molecule has 0 aliphatic heterocycles. The number of halogens is 1. The number of benzene rings is 1. The van der Waals surface area contributed by atoms with Crippen molar-refractivity contribution in [3.63, 3.8) is 0 Å². The molecule has 1 aromatic rings. The molecule has 1 aromatic carbocycles. The highest BCUT2D eigenvalue weighted by atomic mass is 35.7. The fourth-order valence-corrected chi connectivity index (χ4v) is 3.20. The average molecular weight is 333 g/mol. The van der Waals surface area contributed by atoms with Crippen LogP contribution in [-0.2, 0) is 9.05 Å². The number of ether oxygens (including phenoxy) is 1. The summed E-state index contributed by atoms with van der Waals surface area (Å²) in [4.78, 5) is 0. The van der Waals surface area contributed by atoms with Gasteiger partial charge in [0, 0.05) is 10.7 Å². The highest BCUT2D eigenvalue weighted by Gasteiger charge is 2.10. The number of aryl methyl sites for hydroxylation is 1. The Kier molecular flexibility index (Phi) is 7.01. The van der Waals surface area contributed by atoms with E-state index in [1.807, 2.05) is 13.0 Å². The van der Waals surface area contributed by atoms with Gasteiger partial charge in [-0.1, -0.05) is 26.8 Å². The predicted octanol–water partition coefficient (Wildman–Crippen LogP) is 4.48. The molecule has 0 saturated heterocycles. The molecular formula is C16H25ClO3S. The molecule has 0 spiro atoms. The van der Waals surface area contributed by atoms with Crippen LogP contribution >= 0.6 is 10.7 Å². The smallest absolute Gasteiger partial charge is 0.232 e. The zero-order valence-electron chi connectivity index (χ0n) is 13.2. The molecule has 0 radical (unpaired) electrons. The third kappa shape index (κ3) is 7.18. The molecule has 0 bridgehead atoms. The lowest BCUT2D eigenvalue weighted by molar-refractivity contribution is 0.281. The van der Waals surface area contributed by atoms with Crippen molar-refractivity contribution < 1.29 is 13.2 Å². The lowest BCUT2D eigenvalue weighted by Gasteiger charge is -2.14. The zero-order chi connectivity index (χ0) is 16.0. The van der Waals surface area contributed by atoms with Gasteiger partial charge >= 0.3 is 0 Å². The van der Waals surface area contributed by atoms with Crippen LogP contribution in [0.1, 0.15) is 50.7 Å². The van der Waals surface area contributed by atoms with Crippen LogP contribution in [0.2, 0.25) is 0 Å². The maximum atomic E-state index is 10.9. The van der Waals surface area contributed by atoms with Crippen molar-refractivity contribution in [2.45, 2.75) is 46.5 Å². The average Bonchev–Trinajstić information content (AvgIpc) is 2.35. The topological polar surface area (TPSA) is 43.4 Å². The van der Waals surface area contributed by atoms with Gasteiger partial charge < -0.3 is 4.74 Å². The van der Waals surface area contributed by atoms with Crippen molar-refractivity contribution in [3.8, 4) is 5.75 Å². The van der Waals surface area contributed by atoms with E-state index in [9.17, 15) is 8.42 Å². The van der Waals surface area contributed by atoms with Crippen molar-refractivity contribution in [1.82, 2.24) is 0 Å². The molecule has 0 aromatic heterocycles. The van der Waals surface area contributed by atoms with Crippen LogP contribution < -0.4 is 4.74 Å². The molecule has 120 valence electrons. The standard InChI is InChI=1S/C16H25ClO3S/c1-12(2)16-6-5-15(11-14(16)4)20-9-7-13(3)8-10-21(17,18)19/h5-6,11-13H,7-10H2,1-4H3. The summed E-state index contributed by atoms with van der Waals surface area (Å²) in [5.74, 6) is 1.68. The quantitative estimate of drug-likeness (QED) is 0.659. The Hall–Kier alpha value is -0.740. The van der Waals surface area contributed by atoms with Crippen molar-refractivity contribution in [2.24, 2.45) is 5.92 Å². The van der Waals surface area contributed by atoms with E-state index in [4.69, 9.17) is 15.4 Å². The van der Waals surface area contributed by atoms with Crippen LogP contribution in [0.15, 0.2) is 18.2 Å². The summed E-state index contributed by atoms with van der Waals surface area (Å²) in [6.45, 7) is 9.05. The fraction of sp³-hybridized carbons (Fsp3) is 0.625. The normalized spacial score (nSPS) is 13.4. The van der Waals surface area contributed by atoms with E-state index in [0.29, 0.717) is 18.9 Å². The van der Waals surface area contributed by atoms with Gasteiger partial charge in [0.1, 0.15) is 5.75 Å². The fourth-order valence-electron chi connectivity index (χ4n) is 2.25. The molecule has 0 fully saturated rings. The summed E-state index contributed by atoms with van der Waals surface area (Å²) in [6, 6.07) is 6.16. The molecule has 5 heteroatoms. The molecule has 0 heterocycles. The van der Waals surface area contributed by atoms with E-state index in [1.165, 1.54) is 11.1 Å². The maximum Gasteiger partial charge on any atom is 0.232 e. The molecule has 0 aliphatic carbocycles. The number of hydrogen-bond donors (Lipinski definition) is 0. The zero-order valence-corrected chi connectivity index (χ0v) is 14.8. The van der Waals surface area contributed by atoms with E-state index in [0.717, 1.165) is 12.2 Å². The molecule has 1 unspecified atom stereocenters. The lowest BCUT2D eigenvalue weighted by Crippen LogP contribution is -2.08. The molecule has 3 nitrogen and oxygen atoms in total. The second-order valence-electron chi connectivity index (χ2n) is 5.95. The lowest BCUT2D eigenvalue weighted by atomic mass is 9.98. The largest absolute Gasteiger partial charge is 0.494 e. The third-order valence-corrected chi connectivity index (χ3v) is 4.78. The van der Waals surface area contributed by atoms with E-state index in [-0.39, 0.29) is 11.7 Å². The van der Waals surface area contributed by atoms with Crippen LogP contribution in [0.4, 0.5) is 0 Å². The maximum absolute atomic E-state index is 10.9. The van der Waals surface area contributed by atoms with Gasteiger partial charge in [0.05, 0.1) is 12.4 Å². The van der Waals surface area contributed by atoms with Crippen LogP contribution in [-0.4, -0.2) is 20.8 Å². The molecule has 1 rings (SSSR count). The van der Waals surface area contributed by atoms with Gasteiger partial charge in [-0.25, -0.2) is 8.42 Å². The third-order valence-electron chi connectivity index (χ3n) is 3.60. The van der Waals surface area contributed by atoms with Gasteiger partial charge in [-0.2, -0.15) is 0 Å². The van der Waals surface area contributed by atoms with Gasteiger partial charge in [0.2, 0.25) is 9.05 Å². The van der Waals surface area contributed by atoms with Crippen molar-refractivity contribution >= 4 is 19.7 Å². The molecule has 21 heavy (non-hydrogen) atoms. The molecule has 0 saturated carbocycles. The Morgan fingerprint density at radius 3 is 2.38 bits per heavy atom. The summed E-state index contributed by atoms with van der Waals surface area (Å²) >= 11 is 0. The van der Waals surface area contributed by atoms with Crippen molar-refractivity contribution in [2.75, 3.05) is 12.4 Å². The second-order valence-corrected chi connectivity index (χ2v) is 8.84. The van der Waals surface area contributed by atoms with Crippen molar-refractivity contribution in [1.29, 1.82) is 0 Å². The van der Waals surface area contributed by atoms with E-state index >= 15 is 0 Å². The Morgan fingerprint density at radius 2 is 1.86 bits per heavy atom. The minimum Gasteiger partial charge on any atom is -0.494 e. The van der Waals surface area contributed by atoms with Gasteiger partial charge in [-0.3, -0.25) is 0 Å². The Labute approximate surface area is 133 Å². The van der Waals surface area contributed by atoms with E-state index < -0.39 is 9.05 Å². The first-order chi connectivity index (χ1) is 9.69. The van der Waals surface area contributed by atoms with Gasteiger partial charge in [0.25, 0.3) is 0 Å². The summed E-state index contributed by atoms with van der Waals surface area (Å²) in [5, 5.41) is 0. The minimum atomic E-state index is -3.38. The molecule has 0 N–H and O–H groups in total. The summed E-state index contributed by atoms with van der Waals surface area (Å²) < 4.78 is 27.5. The highest BCUT2D eigenvalue weighted by molar-refractivity contribution is 8.13.